The van der Waals surface area contributed by atoms with E-state index in [0.29, 0.717) is 17.7 Å². The number of benzene rings is 1. The van der Waals surface area contributed by atoms with Gasteiger partial charge in [0.1, 0.15) is 6.04 Å². The Morgan fingerprint density at radius 1 is 1.28 bits per heavy atom. The summed E-state index contributed by atoms with van der Waals surface area (Å²) in [5.41, 5.74) is 1.98. The Balaban J connectivity index is 1.67. The van der Waals surface area contributed by atoms with Crippen LogP contribution in [-0.2, 0) is 17.8 Å². The first kappa shape index (κ1) is 16.6. The van der Waals surface area contributed by atoms with Crippen molar-refractivity contribution in [1.82, 2.24) is 25.2 Å². The lowest BCUT2D eigenvalue weighted by Gasteiger charge is -2.12. The average molecular weight is 338 g/mol. The molecule has 1 saturated heterocycles. The van der Waals surface area contributed by atoms with Crippen molar-refractivity contribution in [3.8, 4) is 6.07 Å². The van der Waals surface area contributed by atoms with Crippen LogP contribution in [0, 0.1) is 11.3 Å². The number of hydrogen-bond acceptors (Lipinski definition) is 5. The van der Waals surface area contributed by atoms with Crippen LogP contribution in [0.25, 0.3) is 0 Å². The van der Waals surface area contributed by atoms with Gasteiger partial charge in [-0.3, -0.25) is 9.69 Å². The second kappa shape index (κ2) is 6.73. The molecular weight excluding hydrogens is 320 g/mol. The van der Waals surface area contributed by atoms with Crippen molar-refractivity contribution in [2.75, 3.05) is 0 Å². The molecule has 0 spiro atoms. The Hall–Kier alpha value is -3.21. The van der Waals surface area contributed by atoms with Crippen molar-refractivity contribution >= 4 is 11.9 Å². The number of imide groups is 1. The van der Waals surface area contributed by atoms with Crippen LogP contribution < -0.4 is 5.32 Å². The molecular formula is C17H18N6O2. The minimum absolute atomic E-state index is 0.172. The predicted octanol–water partition coefficient (Wildman–Crippen LogP) is 1.39. The van der Waals surface area contributed by atoms with E-state index in [-0.39, 0.29) is 18.5 Å². The lowest BCUT2D eigenvalue weighted by molar-refractivity contribution is -0.127. The van der Waals surface area contributed by atoms with Crippen LogP contribution in [0.4, 0.5) is 4.79 Å². The van der Waals surface area contributed by atoms with Gasteiger partial charge in [0.2, 0.25) is 0 Å². The summed E-state index contributed by atoms with van der Waals surface area (Å²) in [6.45, 7) is 4.14. The molecule has 8 nitrogen and oxygen atoms in total. The summed E-state index contributed by atoms with van der Waals surface area (Å²) in [5.74, 6) is -0.284. The van der Waals surface area contributed by atoms with Gasteiger partial charge in [-0.25, -0.2) is 9.48 Å². The third kappa shape index (κ3) is 3.50. The molecule has 0 bridgehead atoms. The van der Waals surface area contributed by atoms with Crippen LogP contribution in [0.5, 0.6) is 0 Å². The molecule has 0 saturated carbocycles. The number of urea groups is 1. The van der Waals surface area contributed by atoms with Crippen molar-refractivity contribution in [1.29, 1.82) is 5.26 Å². The van der Waals surface area contributed by atoms with Crippen molar-refractivity contribution in [3.05, 3.63) is 47.3 Å². The van der Waals surface area contributed by atoms with Crippen LogP contribution in [0.3, 0.4) is 0 Å². The molecule has 8 heteroatoms. The van der Waals surface area contributed by atoms with Gasteiger partial charge in [0, 0.05) is 18.7 Å². The van der Waals surface area contributed by atoms with Crippen molar-refractivity contribution in [2.45, 2.75) is 38.9 Å². The van der Waals surface area contributed by atoms with Crippen LogP contribution in [0.1, 0.15) is 36.7 Å². The van der Waals surface area contributed by atoms with E-state index in [1.165, 1.54) is 4.90 Å². The lowest BCUT2D eigenvalue weighted by Crippen LogP contribution is -2.32. The summed E-state index contributed by atoms with van der Waals surface area (Å²) in [6, 6.07) is 7.96. The Bertz CT molecular complexity index is 834. The SMILES string of the molecule is CC(C)n1cc(CC2NC(=O)N(Cc3ccc(C#N)cc3)C2=O)nn1. The molecule has 0 aliphatic carbocycles. The molecule has 1 atom stereocenters. The third-order valence-electron chi connectivity index (χ3n) is 4.03. The smallest absolute Gasteiger partial charge is 0.325 e. The van der Waals surface area contributed by atoms with E-state index in [2.05, 4.69) is 15.6 Å². The molecule has 1 aliphatic rings. The fraction of sp³-hybridized carbons (Fsp3) is 0.353. The van der Waals surface area contributed by atoms with E-state index in [1.54, 1.807) is 35.1 Å². The van der Waals surface area contributed by atoms with Gasteiger partial charge >= 0.3 is 6.03 Å². The summed E-state index contributed by atoms with van der Waals surface area (Å²) < 4.78 is 1.71. The molecule has 1 unspecified atom stereocenters. The Morgan fingerprint density at radius 2 is 2.00 bits per heavy atom. The molecule has 25 heavy (non-hydrogen) atoms. The van der Waals surface area contributed by atoms with Crippen LogP contribution >= 0.6 is 0 Å². The van der Waals surface area contributed by atoms with E-state index >= 15 is 0 Å². The molecule has 2 heterocycles. The number of aromatic nitrogens is 3. The first-order chi connectivity index (χ1) is 12.0. The summed E-state index contributed by atoms with van der Waals surface area (Å²) in [5, 5.41) is 19.6. The van der Waals surface area contributed by atoms with Gasteiger partial charge in [-0.05, 0) is 31.5 Å². The largest absolute Gasteiger partial charge is 0.325 e. The van der Waals surface area contributed by atoms with Gasteiger partial charge in [0.05, 0.1) is 23.9 Å². The number of nitrogens with zero attached hydrogens (tertiary/aromatic N) is 5. The highest BCUT2D eigenvalue weighted by Crippen LogP contribution is 2.15. The Labute approximate surface area is 145 Å². The second-order valence-electron chi connectivity index (χ2n) is 6.22. The molecule has 1 fully saturated rings. The maximum absolute atomic E-state index is 12.5. The fourth-order valence-corrected chi connectivity index (χ4v) is 2.60. The number of carbonyl (C=O) groups is 2. The average Bonchev–Trinajstić information content (AvgIpc) is 3.16. The third-order valence-corrected chi connectivity index (χ3v) is 4.03. The van der Waals surface area contributed by atoms with E-state index in [1.807, 2.05) is 19.9 Å². The van der Waals surface area contributed by atoms with Crippen molar-refractivity contribution < 1.29 is 9.59 Å². The summed E-state index contributed by atoms with van der Waals surface area (Å²) in [4.78, 5) is 25.8. The van der Waals surface area contributed by atoms with E-state index in [4.69, 9.17) is 5.26 Å². The maximum Gasteiger partial charge on any atom is 0.325 e. The number of rotatable bonds is 5. The molecule has 128 valence electrons. The number of nitriles is 1. The molecule has 3 rings (SSSR count). The van der Waals surface area contributed by atoms with E-state index in [0.717, 1.165) is 5.56 Å². The zero-order chi connectivity index (χ0) is 18.0. The van der Waals surface area contributed by atoms with Gasteiger partial charge in [0.15, 0.2) is 0 Å². The summed E-state index contributed by atoms with van der Waals surface area (Å²) in [7, 11) is 0. The van der Waals surface area contributed by atoms with E-state index in [9.17, 15) is 9.59 Å². The van der Waals surface area contributed by atoms with Gasteiger partial charge < -0.3 is 5.32 Å². The highest BCUT2D eigenvalue weighted by molar-refractivity contribution is 6.04. The van der Waals surface area contributed by atoms with Crippen molar-refractivity contribution in [2.24, 2.45) is 0 Å². The topological polar surface area (TPSA) is 104 Å². The van der Waals surface area contributed by atoms with Crippen LogP contribution in [0.2, 0.25) is 0 Å². The second-order valence-corrected chi connectivity index (χ2v) is 6.22. The zero-order valence-electron chi connectivity index (χ0n) is 14.0. The number of carbonyl (C=O) groups excluding carboxylic acids is 2. The normalized spacial score (nSPS) is 17.0. The number of nitrogens with one attached hydrogen (secondary N) is 1. The Morgan fingerprint density at radius 3 is 2.60 bits per heavy atom. The number of hydrogen-bond donors (Lipinski definition) is 1. The summed E-state index contributed by atoms with van der Waals surface area (Å²) in [6.07, 6.45) is 2.09. The molecule has 1 aliphatic heterocycles. The standard InChI is InChI=1S/C17H18N6O2/c1-11(2)23-10-14(20-21-23)7-15-16(24)22(17(25)19-15)9-13-5-3-12(8-18)4-6-13/h3-6,10-11,15H,7,9H2,1-2H3,(H,19,25). The van der Waals surface area contributed by atoms with Gasteiger partial charge in [-0.2, -0.15) is 5.26 Å². The highest BCUT2D eigenvalue weighted by Gasteiger charge is 2.38. The molecule has 1 N–H and O–H groups in total. The minimum atomic E-state index is -0.636. The summed E-state index contributed by atoms with van der Waals surface area (Å²) >= 11 is 0. The minimum Gasteiger partial charge on any atom is -0.325 e. The number of amides is 3. The van der Waals surface area contributed by atoms with Crippen LogP contribution in [0.15, 0.2) is 30.5 Å². The fourth-order valence-electron chi connectivity index (χ4n) is 2.60. The van der Waals surface area contributed by atoms with E-state index < -0.39 is 12.1 Å². The quantitative estimate of drug-likeness (QED) is 0.830. The molecule has 3 amide bonds. The molecule has 1 aromatic heterocycles. The van der Waals surface area contributed by atoms with Crippen LogP contribution in [-0.4, -0.2) is 37.9 Å². The predicted molar refractivity (Wildman–Crippen MR) is 88.1 cm³/mol. The molecule has 1 aromatic carbocycles. The monoisotopic (exact) mass is 338 g/mol. The first-order valence-corrected chi connectivity index (χ1v) is 7.99. The van der Waals surface area contributed by atoms with Gasteiger partial charge in [0.25, 0.3) is 5.91 Å². The van der Waals surface area contributed by atoms with Crippen molar-refractivity contribution in [3.63, 3.8) is 0 Å². The Kier molecular flexibility index (Phi) is 4.48. The zero-order valence-corrected chi connectivity index (χ0v) is 14.0. The van der Waals surface area contributed by atoms with Gasteiger partial charge in [-0.15, -0.1) is 5.10 Å². The van der Waals surface area contributed by atoms with Gasteiger partial charge in [-0.1, -0.05) is 17.3 Å². The molecule has 2 aromatic rings. The molecule has 0 radical (unpaired) electrons. The highest BCUT2D eigenvalue weighted by atomic mass is 16.2. The lowest BCUT2D eigenvalue weighted by atomic mass is 10.1. The first-order valence-electron chi connectivity index (χ1n) is 7.99. The maximum atomic E-state index is 12.5.